The molecule has 0 unspecified atom stereocenters. The van der Waals surface area contributed by atoms with Crippen LogP contribution in [0.2, 0.25) is 0 Å². The van der Waals surface area contributed by atoms with Gasteiger partial charge in [0.2, 0.25) is 10.0 Å². The van der Waals surface area contributed by atoms with E-state index >= 15 is 0 Å². The second kappa shape index (κ2) is 7.53. The molecule has 0 radical (unpaired) electrons. The van der Waals surface area contributed by atoms with Gasteiger partial charge in [-0.15, -0.1) is 0 Å². The predicted molar refractivity (Wildman–Crippen MR) is 96.0 cm³/mol. The van der Waals surface area contributed by atoms with E-state index in [1.165, 1.54) is 4.31 Å². The molecule has 1 fully saturated rings. The molecule has 1 aliphatic rings. The number of amides is 1. The molecule has 2 rings (SSSR count). The zero-order chi connectivity index (χ0) is 18.7. The summed E-state index contributed by atoms with van der Waals surface area (Å²) in [6.07, 6.45) is 1.17. The van der Waals surface area contributed by atoms with Gasteiger partial charge in [-0.25, -0.2) is 18.6 Å². The maximum Gasteiger partial charge on any atom is 0.428 e. The Morgan fingerprint density at radius 3 is 2.24 bits per heavy atom. The van der Waals surface area contributed by atoms with Crippen molar-refractivity contribution in [1.29, 1.82) is 0 Å². The molecule has 1 aromatic carbocycles. The first kappa shape index (κ1) is 19.4. The molecule has 25 heavy (non-hydrogen) atoms. The highest BCUT2D eigenvalue weighted by Crippen LogP contribution is 2.21. The van der Waals surface area contributed by atoms with Crippen molar-refractivity contribution in [2.24, 2.45) is 5.10 Å². The molecule has 1 amide bonds. The summed E-state index contributed by atoms with van der Waals surface area (Å²) in [5.41, 5.74) is 3.00. The first-order valence-electron chi connectivity index (χ1n) is 8.23. The highest BCUT2D eigenvalue weighted by atomic mass is 32.2. The first-order valence-corrected chi connectivity index (χ1v) is 9.67. The van der Waals surface area contributed by atoms with E-state index in [9.17, 15) is 13.2 Å². The van der Waals surface area contributed by atoms with Gasteiger partial charge >= 0.3 is 6.09 Å². The van der Waals surface area contributed by atoms with Crippen LogP contribution in [-0.2, 0) is 14.8 Å². The van der Waals surface area contributed by atoms with Crippen LogP contribution in [0.5, 0.6) is 0 Å². The summed E-state index contributed by atoms with van der Waals surface area (Å²) in [6.45, 7) is 8.17. The third-order valence-electron chi connectivity index (χ3n) is 3.69. The minimum atomic E-state index is -3.42. The molecule has 0 bridgehead atoms. The van der Waals surface area contributed by atoms with E-state index in [0.717, 1.165) is 18.4 Å². The predicted octanol–water partition coefficient (Wildman–Crippen LogP) is 2.72. The smallest absolute Gasteiger partial charge is 0.428 e. The van der Waals surface area contributed by atoms with Crippen molar-refractivity contribution in [1.82, 2.24) is 9.73 Å². The Kier molecular flexibility index (Phi) is 5.84. The van der Waals surface area contributed by atoms with Gasteiger partial charge < -0.3 is 4.74 Å². The van der Waals surface area contributed by atoms with Gasteiger partial charge in [0.1, 0.15) is 5.60 Å². The molecule has 1 N–H and O–H groups in total. The summed E-state index contributed by atoms with van der Waals surface area (Å²) < 4.78 is 31.6. The van der Waals surface area contributed by atoms with Gasteiger partial charge in [-0.2, -0.15) is 9.41 Å². The van der Waals surface area contributed by atoms with E-state index in [1.54, 1.807) is 52.0 Å². The number of benzene rings is 1. The molecule has 1 heterocycles. The first-order chi connectivity index (χ1) is 11.6. The van der Waals surface area contributed by atoms with Crippen molar-refractivity contribution in [2.45, 2.75) is 51.0 Å². The fraction of sp³-hybridized carbons (Fsp3) is 0.529. The van der Waals surface area contributed by atoms with Crippen LogP contribution in [-0.4, -0.2) is 43.2 Å². The molecule has 0 spiro atoms. The van der Waals surface area contributed by atoms with Crippen LogP contribution in [0.15, 0.2) is 34.3 Å². The minimum Gasteiger partial charge on any atom is -0.443 e. The normalized spacial score (nSPS) is 16.7. The molecule has 138 valence electrons. The van der Waals surface area contributed by atoms with Gasteiger partial charge in [0.25, 0.3) is 0 Å². The van der Waals surface area contributed by atoms with Crippen molar-refractivity contribution >= 4 is 21.8 Å². The summed E-state index contributed by atoms with van der Waals surface area (Å²) >= 11 is 0. The van der Waals surface area contributed by atoms with Crippen LogP contribution in [0.25, 0.3) is 0 Å². The van der Waals surface area contributed by atoms with E-state index in [4.69, 9.17) is 4.74 Å². The van der Waals surface area contributed by atoms with E-state index < -0.39 is 21.7 Å². The van der Waals surface area contributed by atoms with E-state index in [-0.39, 0.29) is 4.90 Å². The largest absolute Gasteiger partial charge is 0.443 e. The maximum atomic E-state index is 12.5. The second-order valence-corrected chi connectivity index (χ2v) is 8.88. The number of carbonyl (C=O) groups is 1. The molecule has 1 aliphatic heterocycles. The van der Waals surface area contributed by atoms with Gasteiger partial charge in [-0.05, 0) is 58.2 Å². The Morgan fingerprint density at radius 2 is 1.72 bits per heavy atom. The summed E-state index contributed by atoms with van der Waals surface area (Å²) in [6, 6.07) is 6.49. The molecular formula is C17H25N3O4S. The van der Waals surface area contributed by atoms with Crippen LogP contribution in [0.3, 0.4) is 0 Å². The summed E-state index contributed by atoms with van der Waals surface area (Å²) in [5.74, 6) is 0. The number of nitrogens with zero attached hydrogens (tertiary/aromatic N) is 2. The fourth-order valence-corrected chi connectivity index (χ4v) is 3.96. The van der Waals surface area contributed by atoms with E-state index in [0.29, 0.717) is 18.8 Å². The second-order valence-electron chi connectivity index (χ2n) is 6.95. The minimum absolute atomic E-state index is 0.269. The quantitative estimate of drug-likeness (QED) is 0.655. The van der Waals surface area contributed by atoms with Crippen molar-refractivity contribution in [3.05, 3.63) is 29.8 Å². The number of hydrogen-bond acceptors (Lipinski definition) is 5. The average molecular weight is 367 g/mol. The Labute approximate surface area is 149 Å². The Balaban J connectivity index is 2.06. The van der Waals surface area contributed by atoms with Gasteiger partial charge in [0.15, 0.2) is 0 Å². The van der Waals surface area contributed by atoms with Crippen LogP contribution in [0, 0.1) is 0 Å². The number of sulfonamides is 1. The van der Waals surface area contributed by atoms with E-state index in [2.05, 4.69) is 10.5 Å². The monoisotopic (exact) mass is 367 g/mol. The summed E-state index contributed by atoms with van der Waals surface area (Å²) in [5, 5.41) is 3.98. The van der Waals surface area contributed by atoms with Crippen LogP contribution >= 0.6 is 0 Å². The zero-order valence-corrected chi connectivity index (χ0v) is 15.9. The lowest BCUT2D eigenvalue weighted by atomic mass is 10.1. The third kappa shape index (κ3) is 5.27. The third-order valence-corrected chi connectivity index (χ3v) is 5.60. The number of nitrogens with one attached hydrogen (secondary N) is 1. The molecule has 0 aliphatic carbocycles. The van der Waals surface area contributed by atoms with Gasteiger partial charge in [0, 0.05) is 13.1 Å². The average Bonchev–Trinajstić information content (AvgIpc) is 3.06. The topological polar surface area (TPSA) is 88.1 Å². The molecule has 1 aromatic rings. The Morgan fingerprint density at radius 1 is 1.16 bits per heavy atom. The van der Waals surface area contributed by atoms with Crippen molar-refractivity contribution in [3.8, 4) is 0 Å². The molecule has 1 saturated heterocycles. The van der Waals surface area contributed by atoms with Crippen molar-refractivity contribution in [2.75, 3.05) is 13.1 Å². The molecule has 7 nitrogen and oxygen atoms in total. The highest BCUT2D eigenvalue weighted by molar-refractivity contribution is 7.89. The van der Waals surface area contributed by atoms with Gasteiger partial charge in [0.05, 0.1) is 10.6 Å². The summed E-state index contributed by atoms with van der Waals surface area (Å²) in [7, 11) is -3.42. The van der Waals surface area contributed by atoms with Crippen molar-refractivity contribution < 1.29 is 17.9 Å². The molecule has 0 atom stereocenters. The number of rotatable bonds is 4. The lowest BCUT2D eigenvalue weighted by Gasteiger charge is -2.18. The number of carbonyl (C=O) groups excluding carboxylic acids is 1. The fourth-order valence-electron chi connectivity index (χ4n) is 2.44. The molecule has 0 saturated carbocycles. The van der Waals surface area contributed by atoms with Crippen LogP contribution < -0.4 is 5.43 Å². The van der Waals surface area contributed by atoms with E-state index in [1.807, 2.05) is 0 Å². The standard InChI is InChI=1S/C17H25N3O4S/c1-13(18-19-16(21)24-17(2,3)4)14-7-9-15(10-8-14)25(22,23)20-11-5-6-12-20/h7-10H,5-6,11-12H2,1-4H3,(H,19,21). The Hall–Kier alpha value is -1.93. The van der Waals surface area contributed by atoms with Crippen LogP contribution in [0.4, 0.5) is 4.79 Å². The maximum absolute atomic E-state index is 12.5. The number of hydrogen-bond donors (Lipinski definition) is 1. The van der Waals surface area contributed by atoms with Crippen molar-refractivity contribution in [3.63, 3.8) is 0 Å². The molecule has 8 heteroatoms. The number of ether oxygens (including phenoxy) is 1. The summed E-state index contributed by atoms with van der Waals surface area (Å²) in [4.78, 5) is 11.9. The van der Waals surface area contributed by atoms with Gasteiger partial charge in [-0.3, -0.25) is 0 Å². The lowest BCUT2D eigenvalue weighted by Crippen LogP contribution is -2.30. The molecular weight excluding hydrogens is 342 g/mol. The zero-order valence-electron chi connectivity index (χ0n) is 15.1. The number of hydrazone groups is 1. The van der Waals surface area contributed by atoms with Crippen LogP contribution in [0.1, 0.15) is 46.1 Å². The lowest BCUT2D eigenvalue weighted by molar-refractivity contribution is 0.0529. The van der Waals surface area contributed by atoms with Gasteiger partial charge in [-0.1, -0.05) is 12.1 Å². The molecule has 0 aromatic heterocycles. The highest BCUT2D eigenvalue weighted by Gasteiger charge is 2.26. The Bertz CT molecular complexity index is 743. The SMILES string of the molecule is CC(=NNC(=O)OC(C)(C)C)c1ccc(S(=O)(=O)N2CCCC2)cc1.